The molecule has 0 unspecified atom stereocenters. The van der Waals surface area contributed by atoms with Crippen molar-refractivity contribution in [1.82, 2.24) is 9.38 Å². The van der Waals surface area contributed by atoms with Gasteiger partial charge in [0.25, 0.3) is 11.5 Å². The van der Waals surface area contributed by atoms with Gasteiger partial charge in [-0.05, 0) is 54.6 Å². The van der Waals surface area contributed by atoms with Crippen molar-refractivity contribution in [3.8, 4) is 5.75 Å². The third kappa shape index (κ3) is 3.56. The molecular weight excluding hydrogens is 456 g/mol. The van der Waals surface area contributed by atoms with Crippen LogP contribution in [-0.2, 0) is 9.59 Å². The third-order valence-electron chi connectivity index (χ3n) is 6.12. The molecule has 0 saturated carbocycles. The zero-order valence-electron chi connectivity index (χ0n) is 19.2. The molecule has 0 saturated heterocycles. The number of fused-ring (bicyclic) bond motifs is 5. The fourth-order valence-electron chi connectivity index (χ4n) is 4.62. The SMILES string of the molecule is CC(=O)Nc1ccc(NC(=O)COc2ccc3c(c2)c2ccnc4c5ccccc5c(=O)n3c24)cc1. The Morgan fingerprint density at radius 2 is 1.58 bits per heavy atom. The van der Waals surface area contributed by atoms with Crippen molar-refractivity contribution in [3.05, 3.63) is 89.3 Å². The van der Waals surface area contributed by atoms with Gasteiger partial charge in [-0.3, -0.25) is 23.8 Å². The number of carbonyl (C=O) groups excluding carboxylic acids is 2. The Morgan fingerprint density at radius 1 is 0.861 bits per heavy atom. The molecule has 0 atom stereocenters. The number of amides is 2. The highest BCUT2D eigenvalue weighted by atomic mass is 16.5. The number of ether oxygens (including phenoxy) is 1. The zero-order valence-corrected chi connectivity index (χ0v) is 19.2. The van der Waals surface area contributed by atoms with Crippen molar-refractivity contribution < 1.29 is 14.3 Å². The van der Waals surface area contributed by atoms with Crippen molar-refractivity contribution in [2.75, 3.05) is 17.2 Å². The summed E-state index contributed by atoms with van der Waals surface area (Å²) < 4.78 is 7.48. The lowest BCUT2D eigenvalue weighted by Crippen LogP contribution is -2.20. The van der Waals surface area contributed by atoms with E-state index < -0.39 is 0 Å². The maximum Gasteiger partial charge on any atom is 0.263 e. The Hall–Kier alpha value is -4.98. The Labute approximate surface area is 204 Å². The number of nitrogens with one attached hydrogen (secondary N) is 2. The highest BCUT2D eigenvalue weighted by Gasteiger charge is 2.18. The summed E-state index contributed by atoms with van der Waals surface area (Å²) in [7, 11) is 0. The van der Waals surface area contributed by atoms with Gasteiger partial charge in [-0.15, -0.1) is 0 Å². The minimum Gasteiger partial charge on any atom is -0.484 e. The summed E-state index contributed by atoms with van der Waals surface area (Å²) in [5.74, 6) is 0.0309. The van der Waals surface area contributed by atoms with Crippen molar-refractivity contribution in [2.45, 2.75) is 6.92 Å². The van der Waals surface area contributed by atoms with Crippen LogP contribution in [0.5, 0.6) is 5.75 Å². The van der Waals surface area contributed by atoms with E-state index in [1.165, 1.54) is 6.92 Å². The zero-order chi connectivity index (χ0) is 24.8. The third-order valence-corrected chi connectivity index (χ3v) is 6.12. The van der Waals surface area contributed by atoms with Crippen LogP contribution in [0, 0.1) is 0 Å². The molecule has 0 fully saturated rings. The van der Waals surface area contributed by atoms with E-state index in [1.54, 1.807) is 40.9 Å². The van der Waals surface area contributed by atoms with E-state index in [1.807, 2.05) is 42.5 Å². The van der Waals surface area contributed by atoms with Gasteiger partial charge in [-0.2, -0.15) is 0 Å². The molecule has 176 valence electrons. The first-order valence-corrected chi connectivity index (χ1v) is 11.4. The monoisotopic (exact) mass is 476 g/mol. The van der Waals surface area contributed by atoms with Gasteiger partial charge in [0.15, 0.2) is 6.61 Å². The predicted molar refractivity (Wildman–Crippen MR) is 140 cm³/mol. The second-order valence-electron chi connectivity index (χ2n) is 8.52. The summed E-state index contributed by atoms with van der Waals surface area (Å²) in [6.07, 6.45) is 1.74. The molecule has 36 heavy (non-hydrogen) atoms. The van der Waals surface area contributed by atoms with Crippen LogP contribution in [0.15, 0.2) is 83.8 Å². The molecule has 3 heterocycles. The molecule has 0 bridgehead atoms. The van der Waals surface area contributed by atoms with E-state index in [4.69, 9.17) is 4.74 Å². The quantitative estimate of drug-likeness (QED) is 0.355. The standard InChI is InChI=1S/C28H20N4O4/c1-16(33)30-17-6-8-18(9-7-17)31-25(34)15-36-19-10-11-24-23(14-19)21-12-13-29-26-20-4-2-3-5-22(20)28(35)32(24)27(21)26/h2-14H,15H2,1H3,(H,30,33)(H,31,34). The fraction of sp³-hybridized carbons (Fsp3) is 0.0714. The Morgan fingerprint density at radius 3 is 2.33 bits per heavy atom. The van der Waals surface area contributed by atoms with E-state index in [9.17, 15) is 14.4 Å². The predicted octanol–water partition coefficient (Wildman–Crippen LogP) is 4.57. The van der Waals surface area contributed by atoms with Crippen LogP contribution in [0.3, 0.4) is 0 Å². The van der Waals surface area contributed by atoms with E-state index in [0.29, 0.717) is 22.5 Å². The highest BCUT2D eigenvalue weighted by molar-refractivity contribution is 6.18. The Balaban J connectivity index is 1.29. The first kappa shape index (κ1) is 21.5. The number of hydrogen-bond acceptors (Lipinski definition) is 5. The first-order valence-electron chi connectivity index (χ1n) is 11.4. The van der Waals surface area contributed by atoms with E-state index in [0.717, 1.165) is 32.7 Å². The van der Waals surface area contributed by atoms with Gasteiger partial charge >= 0.3 is 0 Å². The number of anilines is 2. The van der Waals surface area contributed by atoms with Crippen molar-refractivity contribution in [2.24, 2.45) is 0 Å². The molecule has 6 rings (SSSR count). The molecule has 2 amide bonds. The number of pyridine rings is 2. The maximum atomic E-state index is 13.3. The van der Waals surface area contributed by atoms with Gasteiger partial charge in [-0.25, -0.2) is 0 Å². The molecule has 3 aromatic carbocycles. The molecule has 8 nitrogen and oxygen atoms in total. The smallest absolute Gasteiger partial charge is 0.263 e. The van der Waals surface area contributed by atoms with Crippen molar-refractivity contribution in [3.63, 3.8) is 0 Å². The number of carbonyl (C=O) groups is 2. The maximum absolute atomic E-state index is 13.3. The van der Waals surface area contributed by atoms with Crippen LogP contribution < -0.4 is 20.9 Å². The molecule has 0 radical (unpaired) electrons. The van der Waals surface area contributed by atoms with E-state index in [-0.39, 0.29) is 24.0 Å². The normalized spacial score (nSPS) is 11.4. The number of hydrogen-bond donors (Lipinski definition) is 2. The Kier molecular flexibility index (Phi) is 5.00. The lowest BCUT2D eigenvalue weighted by atomic mass is 10.1. The summed E-state index contributed by atoms with van der Waals surface area (Å²) in [6.45, 7) is 1.25. The topological polar surface area (TPSA) is 102 Å². The molecule has 0 aliphatic rings. The number of nitrogens with zero attached hydrogens (tertiary/aromatic N) is 2. The molecule has 0 aliphatic carbocycles. The molecule has 0 spiro atoms. The van der Waals surface area contributed by atoms with E-state index >= 15 is 0 Å². The summed E-state index contributed by atoms with van der Waals surface area (Å²) in [5, 5.41) is 8.63. The summed E-state index contributed by atoms with van der Waals surface area (Å²) in [6, 6.07) is 21.6. The van der Waals surface area contributed by atoms with Gasteiger partial charge < -0.3 is 15.4 Å². The fourth-order valence-corrected chi connectivity index (χ4v) is 4.62. The van der Waals surface area contributed by atoms with Crippen LogP contribution in [0.2, 0.25) is 0 Å². The van der Waals surface area contributed by atoms with Crippen LogP contribution >= 0.6 is 0 Å². The van der Waals surface area contributed by atoms with Crippen LogP contribution in [0.25, 0.3) is 38.1 Å². The summed E-state index contributed by atoms with van der Waals surface area (Å²) in [4.78, 5) is 41.5. The Bertz CT molecular complexity index is 1860. The average Bonchev–Trinajstić information content (AvgIpc) is 3.22. The molecule has 0 aliphatic heterocycles. The highest BCUT2D eigenvalue weighted by Crippen LogP contribution is 2.34. The van der Waals surface area contributed by atoms with Crippen molar-refractivity contribution >= 4 is 61.3 Å². The van der Waals surface area contributed by atoms with Gasteiger partial charge in [0.2, 0.25) is 5.91 Å². The number of aromatic nitrogens is 2. The minimum atomic E-state index is -0.320. The lowest BCUT2D eigenvalue weighted by Gasteiger charge is -2.09. The molecular formula is C28H20N4O4. The number of benzene rings is 3. The summed E-state index contributed by atoms with van der Waals surface area (Å²) in [5.41, 5.74) is 3.44. The summed E-state index contributed by atoms with van der Waals surface area (Å²) >= 11 is 0. The van der Waals surface area contributed by atoms with E-state index in [2.05, 4.69) is 15.6 Å². The van der Waals surface area contributed by atoms with Gasteiger partial charge in [0.1, 0.15) is 5.75 Å². The second-order valence-corrected chi connectivity index (χ2v) is 8.52. The molecule has 8 heteroatoms. The van der Waals surface area contributed by atoms with Gasteiger partial charge in [0, 0.05) is 46.0 Å². The second kappa shape index (κ2) is 8.35. The van der Waals surface area contributed by atoms with Crippen LogP contribution in [0.1, 0.15) is 6.92 Å². The first-order chi connectivity index (χ1) is 17.5. The average molecular weight is 476 g/mol. The van der Waals surface area contributed by atoms with Gasteiger partial charge in [-0.1, -0.05) is 18.2 Å². The van der Waals surface area contributed by atoms with Crippen molar-refractivity contribution in [1.29, 1.82) is 0 Å². The van der Waals surface area contributed by atoms with Crippen LogP contribution in [-0.4, -0.2) is 27.8 Å². The lowest BCUT2D eigenvalue weighted by molar-refractivity contribution is -0.118. The largest absolute Gasteiger partial charge is 0.484 e. The molecule has 6 aromatic rings. The van der Waals surface area contributed by atoms with Gasteiger partial charge in [0.05, 0.1) is 16.6 Å². The minimum absolute atomic E-state index is 0.0938. The van der Waals surface area contributed by atoms with Crippen LogP contribution in [0.4, 0.5) is 11.4 Å². The number of rotatable bonds is 5. The molecule has 2 N–H and O–H groups in total. The molecule has 3 aromatic heterocycles.